The van der Waals surface area contributed by atoms with Gasteiger partial charge < -0.3 is 9.80 Å². The maximum atomic E-state index is 13.1. The van der Waals surface area contributed by atoms with Crippen molar-refractivity contribution in [2.24, 2.45) is 0 Å². The van der Waals surface area contributed by atoms with Crippen molar-refractivity contribution in [3.8, 4) is 0 Å². The number of hydrogen-bond donors (Lipinski definition) is 0. The molecule has 8 nitrogen and oxygen atoms in total. The molecule has 154 valence electrons. The minimum absolute atomic E-state index is 0.0546. The molecule has 0 saturated carbocycles. The minimum atomic E-state index is -4.62. The van der Waals surface area contributed by atoms with Crippen molar-refractivity contribution in [3.63, 3.8) is 0 Å². The van der Waals surface area contributed by atoms with Gasteiger partial charge in [0.1, 0.15) is 5.82 Å². The van der Waals surface area contributed by atoms with Crippen LogP contribution in [0.3, 0.4) is 0 Å². The number of nitrogens with zero attached hydrogens (tertiary/aromatic N) is 8. The Morgan fingerprint density at radius 3 is 2.28 bits per heavy atom. The van der Waals surface area contributed by atoms with Crippen molar-refractivity contribution < 1.29 is 13.2 Å². The second-order valence-electron chi connectivity index (χ2n) is 8.18. The van der Waals surface area contributed by atoms with Gasteiger partial charge >= 0.3 is 6.18 Å². The van der Waals surface area contributed by atoms with Crippen LogP contribution in [0.2, 0.25) is 0 Å². The Kier molecular flexibility index (Phi) is 4.35. The summed E-state index contributed by atoms with van der Waals surface area (Å²) in [5.74, 6) is 0.0676. The van der Waals surface area contributed by atoms with E-state index in [9.17, 15) is 13.2 Å². The van der Waals surface area contributed by atoms with Gasteiger partial charge in [-0.3, -0.25) is 0 Å². The Bertz CT molecular complexity index is 1020. The first kappa shape index (κ1) is 19.3. The van der Waals surface area contributed by atoms with Gasteiger partial charge in [-0.2, -0.15) is 22.8 Å². The van der Waals surface area contributed by atoms with Gasteiger partial charge in [0, 0.05) is 25.6 Å². The molecule has 0 aromatic carbocycles. The fraction of sp³-hybridized carbons (Fsp3) is 0.500. The molecule has 11 heteroatoms. The Morgan fingerprint density at radius 2 is 1.69 bits per heavy atom. The zero-order valence-electron chi connectivity index (χ0n) is 16.5. The van der Waals surface area contributed by atoms with E-state index >= 15 is 0 Å². The maximum Gasteiger partial charge on any atom is 0.453 e. The summed E-state index contributed by atoms with van der Waals surface area (Å²) in [6, 6.07) is 7.13. The molecule has 0 amide bonds. The van der Waals surface area contributed by atoms with E-state index in [0.717, 1.165) is 16.0 Å². The molecule has 0 aliphatic carbocycles. The third-order valence-corrected chi connectivity index (χ3v) is 5.02. The topological polar surface area (TPSA) is 75.3 Å². The highest BCUT2D eigenvalue weighted by atomic mass is 19.4. The zero-order valence-corrected chi connectivity index (χ0v) is 16.5. The minimum Gasteiger partial charge on any atom is -0.352 e. The highest BCUT2D eigenvalue weighted by Crippen LogP contribution is 2.29. The number of anilines is 2. The second-order valence-corrected chi connectivity index (χ2v) is 8.18. The van der Waals surface area contributed by atoms with Crippen LogP contribution in [0.4, 0.5) is 24.8 Å². The second kappa shape index (κ2) is 6.53. The highest BCUT2D eigenvalue weighted by Gasteiger charge is 2.38. The lowest BCUT2D eigenvalue weighted by Gasteiger charge is -2.44. The molecule has 29 heavy (non-hydrogen) atoms. The third-order valence-electron chi connectivity index (χ3n) is 5.02. The van der Waals surface area contributed by atoms with E-state index in [4.69, 9.17) is 0 Å². The molecule has 1 fully saturated rings. The van der Waals surface area contributed by atoms with Crippen molar-refractivity contribution in [3.05, 3.63) is 35.8 Å². The lowest BCUT2D eigenvalue weighted by molar-refractivity contribution is -0.146. The predicted molar refractivity (Wildman–Crippen MR) is 101 cm³/mol. The number of rotatable bonds is 3. The van der Waals surface area contributed by atoms with E-state index in [2.05, 4.69) is 51.2 Å². The van der Waals surface area contributed by atoms with Crippen LogP contribution in [0.5, 0.6) is 0 Å². The van der Waals surface area contributed by atoms with E-state index in [1.165, 1.54) is 6.07 Å². The Morgan fingerprint density at radius 1 is 0.966 bits per heavy atom. The normalized spacial score (nSPS) is 15.6. The molecule has 0 atom stereocenters. The van der Waals surface area contributed by atoms with E-state index < -0.39 is 12.0 Å². The molecule has 1 aliphatic rings. The number of halogens is 3. The van der Waals surface area contributed by atoms with E-state index in [-0.39, 0.29) is 17.1 Å². The first-order valence-electron chi connectivity index (χ1n) is 9.16. The Hall–Kier alpha value is -2.98. The monoisotopic (exact) mass is 406 g/mol. The summed E-state index contributed by atoms with van der Waals surface area (Å²) < 4.78 is 39.9. The molecule has 4 heterocycles. The Labute approximate surface area is 165 Å². The molecular formula is C18H21F3N8. The van der Waals surface area contributed by atoms with Crippen LogP contribution in [0.1, 0.15) is 32.3 Å². The third kappa shape index (κ3) is 3.56. The first-order chi connectivity index (χ1) is 13.5. The van der Waals surface area contributed by atoms with Crippen LogP contribution in [-0.4, -0.2) is 56.2 Å². The fourth-order valence-electron chi connectivity index (χ4n) is 3.11. The quantitative estimate of drug-likeness (QED) is 0.662. The molecule has 4 rings (SSSR count). The Balaban J connectivity index is 1.47. The molecule has 0 bridgehead atoms. The maximum absolute atomic E-state index is 13.1. The molecule has 3 aromatic heterocycles. The van der Waals surface area contributed by atoms with Crippen LogP contribution in [0.25, 0.3) is 5.65 Å². The summed E-state index contributed by atoms with van der Waals surface area (Å²) in [4.78, 5) is 3.92. The molecule has 1 saturated heterocycles. The summed E-state index contributed by atoms with van der Waals surface area (Å²) >= 11 is 0. The molecule has 0 unspecified atom stereocenters. The van der Waals surface area contributed by atoms with Crippen LogP contribution in [-0.2, 0) is 11.6 Å². The first-order valence-corrected chi connectivity index (χ1v) is 9.16. The summed E-state index contributed by atoms with van der Waals surface area (Å²) in [6.07, 6.45) is -4.62. The van der Waals surface area contributed by atoms with Gasteiger partial charge in [0.05, 0.1) is 11.7 Å². The van der Waals surface area contributed by atoms with Gasteiger partial charge in [0.25, 0.3) is 5.82 Å². The molecule has 1 aliphatic heterocycles. The predicted octanol–water partition coefficient (Wildman–Crippen LogP) is 2.56. The van der Waals surface area contributed by atoms with E-state index in [0.29, 0.717) is 18.9 Å². The van der Waals surface area contributed by atoms with E-state index in [1.807, 2.05) is 24.1 Å². The average molecular weight is 406 g/mol. The standard InChI is InChI=1S/C18H21F3N8/c1-17(2,3)12-5-6-13(23-22-12)28-9-11(10-28)27(4)15-8-7-14-24-25-16(18(19,20)21)29(14)26-15/h5-8,11H,9-10H2,1-4H3. The highest BCUT2D eigenvalue weighted by molar-refractivity contribution is 5.50. The van der Waals surface area contributed by atoms with Gasteiger partial charge in [-0.1, -0.05) is 20.8 Å². The van der Waals surface area contributed by atoms with Crippen molar-refractivity contribution in [2.75, 3.05) is 29.9 Å². The number of aromatic nitrogens is 6. The lowest BCUT2D eigenvalue weighted by Crippen LogP contribution is -2.59. The van der Waals surface area contributed by atoms with Crippen molar-refractivity contribution in [2.45, 2.75) is 38.4 Å². The molecular weight excluding hydrogens is 385 g/mol. The summed E-state index contributed by atoms with van der Waals surface area (Å²) in [7, 11) is 1.81. The number of hydrogen-bond acceptors (Lipinski definition) is 7. The van der Waals surface area contributed by atoms with Crippen LogP contribution in [0.15, 0.2) is 24.3 Å². The van der Waals surface area contributed by atoms with Gasteiger partial charge in [-0.05, 0) is 24.3 Å². The van der Waals surface area contributed by atoms with Crippen LogP contribution in [0, 0.1) is 0 Å². The number of alkyl halides is 3. The summed E-state index contributed by atoms with van der Waals surface area (Å²) in [6.45, 7) is 7.58. The summed E-state index contributed by atoms with van der Waals surface area (Å²) in [5, 5.41) is 19.4. The molecule has 0 N–H and O–H groups in total. The average Bonchev–Trinajstić information content (AvgIpc) is 3.03. The van der Waals surface area contributed by atoms with Crippen LogP contribution >= 0.6 is 0 Å². The van der Waals surface area contributed by atoms with Gasteiger partial charge in [0.15, 0.2) is 11.5 Å². The lowest BCUT2D eigenvalue weighted by atomic mass is 9.92. The number of likely N-dealkylation sites (N-methyl/N-ethyl adjacent to an activating group) is 1. The number of fused-ring (bicyclic) bond motifs is 1. The van der Waals surface area contributed by atoms with Gasteiger partial charge in [0.2, 0.25) is 0 Å². The van der Waals surface area contributed by atoms with E-state index in [1.54, 1.807) is 6.07 Å². The van der Waals surface area contributed by atoms with Crippen molar-refractivity contribution in [1.82, 2.24) is 30.0 Å². The molecule has 3 aromatic rings. The fourth-order valence-corrected chi connectivity index (χ4v) is 3.11. The zero-order chi connectivity index (χ0) is 21.0. The van der Waals surface area contributed by atoms with Crippen molar-refractivity contribution >= 4 is 17.3 Å². The molecule has 0 spiro atoms. The smallest absolute Gasteiger partial charge is 0.352 e. The van der Waals surface area contributed by atoms with Crippen molar-refractivity contribution in [1.29, 1.82) is 0 Å². The summed E-state index contributed by atoms with van der Waals surface area (Å²) in [5.41, 5.74) is 0.909. The largest absolute Gasteiger partial charge is 0.453 e. The molecule has 0 radical (unpaired) electrons. The van der Waals surface area contributed by atoms with Gasteiger partial charge in [-0.15, -0.1) is 20.4 Å². The van der Waals surface area contributed by atoms with Gasteiger partial charge in [-0.25, -0.2) is 0 Å². The SMILES string of the molecule is CN(c1ccc2nnc(C(F)(F)F)n2n1)C1CN(c2ccc(C(C)(C)C)nn2)C1. The van der Waals surface area contributed by atoms with Crippen LogP contribution < -0.4 is 9.80 Å².